The SMILES string of the molecule is C=c1ccc2c(=Cc3ccc(-n4cnc(C)c4)c(OC)c3)c(=O)n(C(C)c3ccc(F)cc3)c=2[nH]1. The topological polar surface area (TPSA) is 64.8 Å². The van der Waals surface area contributed by atoms with Crippen molar-refractivity contribution in [3.8, 4) is 11.4 Å². The van der Waals surface area contributed by atoms with Gasteiger partial charge in [-0.05, 0) is 67.4 Å². The first-order valence-electron chi connectivity index (χ1n) is 11.2. The molecule has 0 bridgehead atoms. The predicted molar refractivity (Wildman–Crippen MR) is 134 cm³/mol. The second-order valence-electron chi connectivity index (χ2n) is 8.56. The average molecular weight is 469 g/mol. The molecule has 5 rings (SSSR count). The third kappa shape index (κ3) is 4.05. The highest BCUT2D eigenvalue weighted by Gasteiger charge is 2.16. The van der Waals surface area contributed by atoms with Crippen LogP contribution in [0.2, 0.25) is 0 Å². The Morgan fingerprint density at radius 2 is 1.91 bits per heavy atom. The monoisotopic (exact) mass is 468 g/mol. The number of hydrogen-bond donors (Lipinski definition) is 1. The number of aromatic amines is 1. The van der Waals surface area contributed by atoms with Gasteiger partial charge in [-0.1, -0.05) is 24.8 Å². The van der Waals surface area contributed by atoms with E-state index < -0.39 is 0 Å². The third-order valence-corrected chi connectivity index (χ3v) is 6.21. The van der Waals surface area contributed by atoms with Crippen molar-refractivity contribution in [1.82, 2.24) is 19.1 Å². The maximum Gasteiger partial charge on any atom is 0.260 e. The average Bonchev–Trinajstić information content (AvgIpc) is 3.39. The number of imidazole rings is 1. The highest BCUT2D eigenvalue weighted by Crippen LogP contribution is 2.25. The van der Waals surface area contributed by atoms with E-state index in [0.29, 0.717) is 21.8 Å². The molecule has 1 N–H and O–H groups in total. The minimum Gasteiger partial charge on any atom is -0.495 e. The summed E-state index contributed by atoms with van der Waals surface area (Å²) in [5, 5.41) is 2.03. The molecule has 0 amide bonds. The molecule has 176 valence electrons. The lowest BCUT2D eigenvalue weighted by Crippen LogP contribution is -2.31. The lowest BCUT2D eigenvalue weighted by molar-refractivity contribution is 0.413. The van der Waals surface area contributed by atoms with Crippen molar-refractivity contribution >= 4 is 12.7 Å². The number of methoxy groups -OCH3 is 1. The van der Waals surface area contributed by atoms with Crippen molar-refractivity contribution in [3.63, 3.8) is 0 Å². The standard InChI is InChI=1S/C28H25FN4O2/c1-17-5-11-23-24(13-20-6-12-25(26(14-20)35-4)32-15-18(2)30-16-32)28(34)33(27(23)31-17)19(3)21-7-9-22(29)10-8-21/h5-16,19,31H,1H2,2-4H3. The molecule has 3 aromatic rings. The number of hydrogen-bond acceptors (Lipinski definition) is 3. The van der Waals surface area contributed by atoms with Gasteiger partial charge in [-0.3, -0.25) is 9.36 Å². The number of halogens is 1. The smallest absolute Gasteiger partial charge is 0.260 e. The minimum absolute atomic E-state index is 0.146. The molecule has 0 fully saturated rings. The molecule has 1 aromatic heterocycles. The summed E-state index contributed by atoms with van der Waals surface area (Å²) in [7, 11) is 1.62. The highest BCUT2D eigenvalue weighted by atomic mass is 19.1. The number of ether oxygens (including phenoxy) is 1. The lowest BCUT2D eigenvalue weighted by Gasteiger charge is -2.14. The number of aromatic nitrogens is 4. The maximum absolute atomic E-state index is 13.7. The summed E-state index contributed by atoms with van der Waals surface area (Å²) in [5.41, 5.74) is 3.94. The van der Waals surface area contributed by atoms with E-state index in [1.165, 1.54) is 12.1 Å². The van der Waals surface area contributed by atoms with Crippen LogP contribution in [0.3, 0.4) is 0 Å². The summed E-state index contributed by atoms with van der Waals surface area (Å²) >= 11 is 0. The van der Waals surface area contributed by atoms with E-state index in [2.05, 4.69) is 16.5 Å². The molecule has 0 saturated carbocycles. The van der Waals surface area contributed by atoms with Gasteiger partial charge in [0, 0.05) is 16.8 Å². The molecular formula is C28H25FN4O2. The van der Waals surface area contributed by atoms with E-state index in [-0.39, 0.29) is 17.4 Å². The van der Waals surface area contributed by atoms with Crippen molar-refractivity contribution in [3.05, 3.63) is 121 Å². The highest BCUT2D eigenvalue weighted by molar-refractivity contribution is 5.58. The van der Waals surface area contributed by atoms with Gasteiger partial charge in [0.25, 0.3) is 5.56 Å². The third-order valence-electron chi connectivity index (χ3n) is 6.21. The molecule has 2 aromatic carbocycles. The van der Waals surface area contributed by atoms with Crippen molar-refractivity contribution in [2.45, 2.75) is 19.9 Å². The van der Waals surface area contributed by atoms with Crippen molar-refractivity contribution < 1.29 is 9.13 Å². The fourth-order valence-electron chi connectivity index (χ4n) is 4.39. The van der Waals surface area contributed by atoms with Crippen molar-refractivity contribution in [1.29, 1.82) is 0 Å². The molecule has 2 aliphatic heterocycles. The molecular weight excluding hydrogens is 443 g/mol. The van der Waals surface area contributed by atoms with Crippen LogP contribution in [0.4, 0.5) is 4.39 Å². The van der Waals surface area contributed by atoms with Gasteiger partial charge >= 0.3 is 0 Å². The fraction of sp³-hybridized carbons (Fsp3) is 0.143. The van der Waals surface area contributed by atoms with Crippen LogP contribution in [0.1, 0.15) is 29.8 Å². The van der Waals surface area contributed by atoms with Gasteiger partial charge in [0.1, 0.15) is 17.0 Å². The molecule has 1 atom stereocenters. The van der Waals surface area contributed by atoms with Crippen LogP contribution in [-0.2, 0) is 0 Å². The summed E-state index contributed by atoms with van der Waals surface area (Å²) in [6.07, 6.45) is 5.53. The summed E-state index contributed by atoms with van der Waals surface area (Å²) in [6.45, 7) is 7.84. The van der Waals surface area contributed by atoms with E-state index in [1.807, 2.05) is 61.0 Å². The molecule has 0 radical (unpaired) electrons. The van der Waals surface area contributed by atoms with Gasteiger partial charge < -0.3 is 14.3 Å². The molecule has 6 nitrogen and oxygen atoms in total. The second-order valence-corrected chi connectivity index (χ2v) is 8.56. The number of H-pyrrole nitrogens is 1. The number of aryl methyl sites for hydroxylation is 1. The van der Waals surface area contributed by atoms with E-state index in [1.54, 1.807) is 30.1 Å². The summed E-state index contributed by atoms with van der Waals surface area (Å²) in [4.78, 5) is 21.2. The molecule has 7 heteroatoms. The van der Waals surface area contributed by atoms with Crippen LogP contribution >= 0.6 is 0 Å². The maximum atomic E-state index is 13.7. The molecule has 0 spiro atoms. The van der Waals surface area contributed by atoms with Gasteiger partial charge in [-0.2, -0.15) is 0 Å². The van der Waals surface area contributed by atoms with Crippen molar-refractivity contribution in [2.24, 2.45) is 0 Å². The zero-order valence-electron chi connectivity index (χ0n) is 19.7. The Kier molecular flexibility index (Phi) is 5.61. The Morgan fingerprint density at radius 3 is 2.60 bits per heavy atom. The van der Waals surface area contributed by atoms with Gasteiger partial charge in [0.05, 0.1) is 36.1 Å². The van der Waals surface area contributed by atoms with Crippen LogP contribution in [-0.4, -0.2) is 26.2 Å². The van der Waals surface area contributed by atoms with Crippen molar-refractivity contribution in [2.75, 3.05) is 7.11 Å². The number of rotatable bonds is 5. The van der Waals surface area contributed by atoms with Gasteiger partial charge in [0.15, 0.2) is 0 Å². The number of nitrogens with one attached hydrogen (secondary N) is 1. The quantitative estimate of drug-likeness (QED) is 0.430. The first-order chi connectivity index (χ1) is 16.9. The van der Waals surface area contributed by atoms with E-state index in [4.69, 9.17) is 4.74 Å². The molecule has 1 unspecified atom stereocenters. The van der Waals surface area contributed by atoms with Crippen LogP contribution in [0, 0.1) is 23.4 Å². The molecule has 35 heavy (non-hydrogen) atoms. The van der Waals surface area contributed by atoms with Crippen LogP contribution in [0.15, 0.2) is 71.9 Å². The van der Waals surface area contributed by atoms with Gasteiger partial charge in [-0.15, -0.1) is 0 Å². The fourth-order valence-corrected chi connectivity index (χ4v) is 4.39. The van der Waals surface area contributed by atoms with Crippen LogP contribution in [0.25, 0.3) is 18.3 Å². The predicted octanol–water partition coefficient (Wildman–Crippen LogP) is 3.39. The number of nitrogens with zero attached hydrogens (tertiary/aromatic N) is 3. The molecule has 2 aliphatic rings. The van der Waals surface area contributed by atoms with Gasteiger partial charge in [0.2, 0.25) is 0 Å². The Labute approximate surface area is 200 Å². The Hall–Kier alpha value is -4.39. The van der Waals surface area contributed by atoms with E-state index in [0.717, 1.165) is 27.7 Å². The minimum atomic E-state index is -0.315. The van der Waals surface area contributed by atoms with Gasteiger partial charge in [-0.25, -0.2) is 9.37 Å². The van der Waals surface area contributed by atoms with Crippen LogP contribution < -0.4 is 20.9 Å². The van der Waals surface area contributed by atoms with E-state index in [9.17, 15) is 9.18 Å². The lowest BCUT2D eigenvalue weighted by atomic mass is 10.1. The Bertz CT molecular complexity index is 1760. The summed E-state index contributed by atoms with van der Waals surface area (Å²) in [6, 6.07) is 15.4. The normalized spacial score (nSPS) is 12.9. The zero-order valence-corrected chi connectivity index (χ0v) is 19.7. The zero-order chi connectivity index (χ0) is 24.7. The number of benzene rings is 2. The largest absolute Gasteiger partial charge is 0.495 e. The first-order valence-corrected chi connectivity index (χ1v) is 11.2. The molecule has 3 heterocycles. The Balaban J connectivity index is 1.70. The molecule has 0 aliphatic carbocycles. The summed E-state index contributed by atoms with van der Waals surface area (Å²) in [5.74, 6) is 0.350. The van der Waals surface area contributed by atoms with E-state index >= 15 is 0 Å². The molecule has 0 saturated heterocycles. The first kappa shape index (κ1) is 22.4. The second kappa shape index (κ2) is 8.76. The van der Waals surface area contributed by atoms with Crippen LogP contribution in [0.5, 0.6) is 5.75 Å². The summed E-state index contributed by atoms with van der Waals surface area (Å²) < 4.78 is 22.7. The Morgan fingerprint density at radius 1 is 1.14 bits per heavy atom.